The first-order valence-electron chi connectivity index (χ1n) is 3.52. The van der Waals surface area contributed by atoms with Crippen LogP contribution in [0.25, 0.3) is 0 Å². The Morgan fingerprint density at radius 1 is 1.50 bits per heavy atom. The summed E-state index contributed by atoms with van der Waals surface area (Å²) in [7, 11) is 2.01. The molecule has 0 aromatic heterocycles. The van der Waals surface area contributed by atoms with Gasteiger partial charge in [-0.3, -0.25) is 0 Å². The van der Waals surface area contributed by atoms with E-state index >= 15 is 0 Å². The summed E-state index contributed by atoms with van der Waals surface area (Å²) in [6, 6.07) is 1.58. The van der Waals surface area contributed by atoms with E-state index in [1.54, 1.807) is 6.04 Å². The van der Waals surface area contributed by atoms with Crippen LogP contribution in [0.4, 0.5) is 0 Å². The molecule has 0 heterocycles. The van der Waals surface area contributed by atoms with Crippen LogP contribution < -0.4 is 0 Å². The van der Waals surface area contributed by atoms with E-state index in [9.17, 15) is 0 Å². The average molecular weight is 144 g/mol. The Hall–Kier alpha value is 0.174. The van der Waals surface area contributed by atoms with E-state index in [1.807, 2.05) is 6.08 Å². The lowest BCUT2D eigenvalue weighted by Crippen LogP contribution is -1.85. The van der Waals surface area contributed by atoms with E-state index in [1.165, 1.54) is 29.0 Å². The highest BCUT2D eigenvalue weighted by Gasteiger charge is 1.82. The van der Waals surface area contributed by atoms with Gasteiger partial charge in [0.15, 0.2) is 0 Å². The predicted molar refractivity (Wildman–Crippen MR) is 47.3 cm³/mol. The standard InChI is InChI=1S/C6H16Si2/c1-2-3-4-5-6-8-7/h2H,1,3-6,8H2,7H3. The Morgan fingerprint density at radius 2 is 2.25 bits per heavy atom. The molecule has 0 aliphatic heterocycles. The van der Waals surface area contributed by atoms with E-state index in [-0.39, 0.29) is 0 Å². The van der Waals surface area contributed by atoms with Gasteiger partial charge >= 0.3 is 0 Å². The molecule has 0 aromatic carbocycles. The second kappa shape index (κ2) is 7.17. The van der Waals surface area contributed by atoms with Crippen molar-refractivity contribution in [3.63, 3.8) is 0 Å². The maximum Gasteiger partial charge on any atom is 0.00412 e. The van der Waals surface area contributed by atoms with E-state index < -0.39 is 0 Å². The minimum atomic E-state index is 0.491. The first-order chi connectivity index (χ1) is 3.91. The van der Waals surface area contributed by atoms with Crippen molar-refractivity contribution in [2.45, 2.75) is 25.3 Å². The summed E-state index contributed by atoms with van der Waals surface area (Å²) in [5.74, 6) is 0. The van der Waals surface area contributed by atoms with Gasteiger partial charge in [0, 0.05) is 9.04 Å². The molecule has 0 N–H and O–H groups in total. The van der Waals surface area contributed by atoms with Crippen LogP contribution in [0, 0.1) is 0 Å². The van der Waals surface area contributed by atoms with Crippen molar-refractivity contribution >= 4 is 18.8 Å². The van der Waals surface area contributed by atoms with E-state index in [2.05, 4.69) is 6.58 Å². The number of hydrogen-bond donors (Lipinski definition) is 0. The third kappa shape index (κ3) is 6.17. The molecule has 8 heavy (non-hydrogen) atoms. The molecule has 0 rings (SSSR count). The smallest absolute Gasteiger partial charge is 0.00412 e. The highest BCUT2D eigenvalue weighted by molar-refractivity contribution is 6.89. The van der Waals surface area contributed by atoms with Crippen molar-refractivity contribution in [1.82, 2.24) is 0 Å². The normalized spacial score (nSPS) is 11.0. The minimum absolute atomic E-state index is 0.491. The minimum Gasteiger partial charge on any atom is -0.103 e. The first-order valence-corrected chi connectivity index (χ1v) is 10.2. The second-order valence-electron chi connectivity index (χ2n) is 2.14. The first kappa shape index (κ1) is 8.17. The Morgan fingerprint density at radius 3 is 2.75 bits per heavy atom. The van der Waals surface area contributed by atoms with Gasteiger partial charge in [-0.1, -0.05) is 25.0 Å². The highest BCUT2D eigenvalue weighted by atomic mass is 29.1. The Balaban J connectivity index is 2.62. The van der Waals surface area contributed by atoms with E-state index in [0.29, 0.717) is 9.04 Å². The van der Waals surface area contributed by atoms with Gasteiger partial charge in [-0.15, -0.1) is 6.58 Å². The Bertz CT molecular complexity index is 52.5. The third-order valence-electron chi connectivity index (χ3n) is 1.26. The van der Waals surface area contributed by atoms with E-state index in [0.717, 1.165) is 0 Å². The molecule has 0 aliphatic carbocycles. The van der Waals surface area contributed by atoms with Crippen molar-refractivity contribution in [3.8, 4) is 0 Å². The molecule has 0 nitrogen and oxygen atoms in total. The number of rotatable bonds is 5. The number of unbranched alkanes of at least 4 members (excludes halogenated alkanes) is 2. The molecule has 0 bridgehead atoms. The molecule has 0 spiro atoms. The molecule has 0 amide bonds. The molecule has 0 fully saturated rings. The molecule has 0 aliphatic rings. The summed E-state index contributed by atoms with van der Waals surface area (Å²) >= 11 is 0. The van der Waals surface area contributed by atoms with Crippen LogP contribution >= 0.6 is 0 Å². The van der Waals surface area contributed by atoms with Crippen LogP contribution in [0.2, 0.25) is 6.04 Å². The lowest BCUT2D eigenvalue weighted by atomic mass is 10.2. The summed E-state index contributed by atoms with van der Waals surface area (Å²) in [5, 5.41) is 0. The molecule has 0 saturated carbocycles. The van der Waals surface area contributed by atoms with Crippen LogP contribution in [0.1, 0.15) is 19.3 Å². The molecule has 0 unspecified atom stereocenters. The molecular weight excluding hydrogens is 128 g/mol. The third-order valence-corrected chi connectivity index (χ3v) is 4.59. The van der Waals surface area contributed by atoms with Gasteiger partial charge in [0.05, 0.1) is 0 Å². The van der Waals surface area contributed by atoms with Gasteiger partial charge in [0.25, 0.3) is 0 Å². The number of allylic oxidation sites excluding steroid dienone is 1. The summed E-state index contributed by atoms with van der Waals surface area (Å²) < 4.78 is 0. The van der Waals surface area contributed by atoms with Crippen molar-refractivity contribution in [2.75, 3.05) is 0 Å². The van der Waals surface area contributed by atoms with Crippen LogP contribution in [-0.2, 0) is 0 Å². The van der Waals surface area contributed by atoms with Crippen LogP contribution in [0.15, 0.2) is 12.7 Å². The van der Waals surface area contributed by atoms with Crippen LogP contribution in [0.5, 0.6) is 0 Å². The van der Waals surface area contributed by atoms with Crippen LogP contribution in [0.3, 0.4) is 0 Å². The molecule has 48 valence electrons. The van der Waals surface area contributed by atoms with Gasteiger partial charge in [-0.2, -0.15) is 0 Å². The monoisotopic (exact) mass is 144 g/mol. The maximum atomic E-state index is 3.68. The lowest BCUT2D eigenvalue weighted by molar-refractivity contribution is 0.814. The van der Waals surface area contributed by atoms with Gasteiger partial charge in [-0.05, 0) is 16.2 Å². The molecule has 0 saturated heterocycles. The topological polar surface area (TPSA) is 0 Å². The maximum absolute atomic E-state index is 3.68. The van der Waals surface area contributed by atoms with Gasteiger partial charge in [0.1, 0.15) is 0 Å². The summed E-state index contributed by atoms with van der Waals surface area (Å²) in [6.45, 7) is 3.68. The lowest BCUT2D eigenvalue weighted by Gasteiger charge is -1.91. The zero-order valence-electron chi connectivity index (χ0n) is 5.82. The Labute approximate surface area is 57.4 Å². The fourth-order valence-electron chi connectivity index (χ4n) is 0.715. The summed E-state index contributed by atoms with van der Waals surface area (Å²) in [6.07, 6.45) is 6.12. The summed E-state index contributed by atoms with van der Waals surface area (Å²) in [4.78, 5) is 0. The van der Waals surface area contributed by atoms with Crippen molar-refractivity contribution < 1.29 is 0 Å². The van der Waals surface area contributed by atoms with Crippen molar-refractivity contribution in [1.29, 1.82) is 0 Å². The number of hydrogen-bond acceptors (Lipinski definition) is 0. The summed E-state index contributed by atoms with van der Waals surface area (Å²) in [5.41, 5.74) is 0. The quantitative estimate of drug-likeness (QED) is 0.294. The van der Waals surface area contributed by atoms with Crippen molar-refractivity contribution in [2.24, 2.45) is 0 Å². The van der Waals surface area contributed by atoms with Gasteiger partial charge in [0.2, 0.25) is 0 Å². The SMILES string of the molecule is C=CCCCC[SiH2][SiH3]. The average Bonchev–Trinajstić information content (AvgIpc) is 1.81. The zero-order chi connectivity index (χ0) is 6.24. The van der Waals surface area contributed by atoms with Gasteiger partial charge < -0.3 is 0 Å². The van der Waals surface area contributed by atoms with Crippen molar-refractivity contribution in [3.05, 3.63) is 12.7 Å². The van der Waals surface area contributed by atoms with Gasteiger partial charge in [-0.25, -0.2) is 0 Å². The van der Waals surface area contributed by atoms with E-state index in [4.69, 9.17) is 0 Å². The second-order valence-corrected chi connectivity index (χ2v) is 6.85. The molecule has 0 aromatic rings. The fraction of sp³-hybridized carbons (Fsp3) is 0.667. The largest absolute Gasteiger partial charge is 0.103 e. The molecule has 0 atom stereocenters. The zero-order valence-corrected chi connectivity index (χ0v) is 9.23. The molecule has 2 heteroatoms. The predicted octanol–water partition coefficient (Wildman–Crippen LogP) is 0.210. The highest BCUT2D eigenvalue weighted by Crippen LogP contribution is 1.98. The Kier molecular flexibility index (Phi) is 7.33. The van der Waals surface area contributed by atoms with Crippen LogP contribution in [-0.4, -0.2) is 18.8 Å². The fourth-order valence-corrected chi connectivity index (χ4v) is 3.07. The molecular formula is C6H16Si2. The molecule has 0 radical (unpaired) electrons.